The maximum atomic E-state index is 11.0. The van der Waals surface area contributed by atoms with E-state index in [2.05, 4.69) is 13.8 Å². The van der Waals surface area contributed by atoms with Crippen LogP contribution in [-0.2, 0) is 9.53 Å². The molecule has 0 bridgehead atoms. The minimum absolute atomic E-state index is 0.445. The minimum Gasteiger partial charge on any atom is -0.464 e. The van der Waals surface area contributed by atoms with Crippen LogP contribution in [0.5, 0.6) is 0 Å². The molecule has 0 unspecified atom stereocenters. The first-order valence-electron chi connectivity index (χ1n) is 10.4. The number of hydrogen-bond donors (Lipinski definition) is 1. The standard InChI is InChI=1S/C21H42O3/c1-19(2)17-15-13-11-9-7-5-4-6-8-10-12-14-16-18-24-21(23)20(3)22/h19-20,22H,4-18H2,1-3H3/t20-/m0/s1. The van der Waals surface area contributed by atoms with Gasteiger partial charge in [0, 0.05) is 0 Å². The van der Waals surface area contributed by atoms with Crippen LogP contribution in [-0.4, -0.2) is 23.8 Å². The summed E-state index contributed by atoms with van der Waals surface area (Å²) in [7, 11) is 0. The zero-order valence-corrected chi connectivity index (χ0v) is 16.5. The van der Waals surface area contributed by atoms with Gasteiger partial charge < -0.3 is 9.84 Å². The molecule has 0 saturated carbocycles. The Kier molecular flexibility index (Phi) is 16.8. The second-order valence-corrected chi connectivity index (χ2v) is 7.62. The molecule has 0 aromatic rings. The highest BCUT2D eigenvalue weighted by molar-refractivity contribution is 5.73. The van der Waals surface area contributed by atoms with Gasteiger partial charge in [-0.25, -0.2) is 4.79 Å². The molecule has 1 atom stereocenters. The molecule has 0 rings (SSSR count). The first-order chi connectivity index (χ1) is 11.5. The molecule has 3 nitrogen and oxygen atoms in total. The maximum Gasteiger partial charge on any atom is 0.334 e. The lowest BCUT2D eigenvalue weighted by atomic mass is 10.0. The Bertz CT molecular complexity index is 274. The van der Waals surface area contributed by atoms with Crippen LogP contribution < -0.4 is 0 Å². The van der Waals surface area contributed by atoms with Crippen molar-refractivity contribution in [2.24, 2.45) is 5.92 Å². The zero-order chi connectivity index (χ0) is 18.0. The van der Waals surface area contributed by atoms with E-state index in [9.17, 15) is 4.79 Å². The molecule has 0 aromatic heterocycles. The lowest BCUT2D eigenvalue weighted by Gasteiger charge is -2.06. The highest BCUT2D eigenvalue weighted by atomic mass is 16.5. The molecule has 0 fully saturated rings. The van der Waals surface area contributed by atoms with E-state index in [1.165, 1.54) is 84.0 Å². The summed E-state index contributed by atoms with van der Waals surface area (Å²) in [6.07, 6.45) is 17.5. The van der Waals surface area contributed by atoms with Crippen LogP contribution in [0.2, 0.25) is 0 Å². The average molecular weight is 343 g/mol. The van der Waals surface area contributed by atoms with E-state index in [1.54, 1.807) is 0 Å². The zero-order valence-electron chi connectivity index (χ0n) is 16.5. The Balaban J connectivity index is 3.06. The van der Waals surface area contributed by atoms with Crippen molar-refractivity contribution in [1.82, 2.24) is 0 Å². The van der Waals surface area contributed by atoms with Crippen LogP contribution in [0.3, 0.4) is 0 Å². The molecule has 0 saturated heterocycles. The van der Waals surface area contributed by atoms with Crippen LogP contribution in [0.1, 0.15) is 111 Å². The third kappa shape index (κ3) is 17.8. The van der Waals surface area contributed by atoms with Gasteiger partial charge in [-0.1, -0.05) is 97.3 Å². The van der Waals surface area contributed by atoms with E-state index in [0.717, 1.165) is 18.8 Å². The van der Waals surface area contributed by atoms with Gasteiger partial charge in [-0.2, -0.15) is 0 Å². The number of carbonyl (C=O) groups excluding carboxylic acids is 1. The Hall–Kier alpha value is -0.570. The largest absolute Gasteiger partial charge is 0.464 e. The van der Waals surface area contributed by atoms with Gasteiger partial charge in [0.1, 0.15) is 6.10 Å². The summed E-state index contributed by atoms with van der Waals surface area (Å²) in [5.41, 5.74) is 0. The van der Waals surface area contributed by atoms with Gasteiger partial charge in [-0.3, -0.25) is 0 Å². The number of unbranched alkanes of at least 4 members (excludes halogenated alkanes) is 12. The predicted molar refractivity (Wildman–Crippen MR) is 102 cm³/mol. The van der Waals surface area contributed by atoms with Crippen LogP contribution in [0.15, 0.2) is 0 Å². The molecule has 24 heavy (non-hydrogen) atoms. The van der Waals surface area contributed by atoms with Crippen molar-refractivity contribution in [2.75, 3.05) is 6.61 Å². The van der Waals surface area contributed by atoms with Gasteiger partial charge in [0.2, 0.25) is 0 Å². The molecule has 0 radical (unpaired) electrons. The van der Waals surface area contributed by atoms with Crippen molar-refractivity contribution < 1.29 is 14.6 Å². The fourth-order valence-corrected chi connectivity index (χ4v) is 2.89. The normalized spacial score (nSPS) is 12.5. The average Bonchev–Trinajstić information content (AvgIpc) is 2.53. The van der Waals surface area contributed by atoms with Gasteiger partial charge in [0.15, 0.2) is 0 Å². The highest BCUT2D eigenvalue weighted by Crippen LogP contribution is 2.14. The van der Waals surface area contributed by atoms with Crippen LogP contribution in [0.4, 0.5) is 0 Å². The minimum atomic E-state index is -0.995. The Morgan fingerprint density at radius 1 is 0.708 bits per heavy atom. The Morgan fingerprint density at radius 3 is 1.46 bits per heavy atom. The van der Waals surface area contributed by atoms with Crippen molar-refractivity contribution in [3.05, 3.63) is 0 Å². The van der Waals surface area contributed by atoms with Gasteiger partial charge in [0.25, 0.3) is 0 Å². The van der Waals surface area contributed by atoms with E-state index in [1.807, 2.05) is 0 Å². The van der Waals surface area contributed by atoms with Crippen molar-refractivity contribution >= 4 is 5.97 Å². The summed E-state index contributed by atoms with van der Waals surface area (Å²) in [5.74, 6) is 0.360. The number of aliphatic hydroxyl groups excluding tert-OH is 1. The van der Waals surface area contributed by atoms with Gasteiger partial charge in [-0.05, 0) is 19.3 Å². The summed E-state index contributed by atoms with van der Waals surface area (Å²) < 4.78 is 4.93. The molecule has 0 aliphatic carbocycles. The summed E-state index contributed by atoms with van der Waals surface area (Å²) in [6, 6.07) is 0. The van der Waals surface area contributed by atoms with E-state index in [0.29, 0.717) is 6.61 Å². The highest BCUT2D eigenvalue weighted by Gasteiger charge is 2.08. The van der Waals surface area contributed by atoms with E-state index >= 15 is 0 Å². The second kappa shape index (κ2) is 17.3. The summed E-state index contributed by atoms with van der Waals surface area (Å²) >= 11 is 0. The quantitative estimate of drug-likeness (QED) is 0.259. The first kappa shape index (κ1) is 23.4. The first-order valence-corrected chi connectivity index (χ1v) is 10.4. The maximum absolute atomic E-state index is 11.0. The summed E-state index contributed by atoms with van der Waals surface area (Å²) in [4.78, 5) is 11.0. The van der Waals surface area contributed by atoms with Crippen molar-refractivity contribution in [3.63, 3.8) is 0 Å². The molecular weight excluding hydrogens is 300 g/mol. The van der Waals surface area contributed by atoms with Crippen LogP contribution in [0, 0.1) is 5.92 Å². The molecule has 0 aromatic carbocycles. The molecular formula is C21H42O3. The fraction of sp³-hybridized carbons (Fsp3) is 0.952. The van der Waals surface area contributed by atoms with E-state index in [-0.39, 0.29) is 0 Å². The number of ether oxygens (including phenoxy) is 1. The number of carbonyl (C=O) groups is 1. The molecule has 0 heterocycles. The SMILES string of the molecule is CC(C)CCCCCCCCCCCCCCCOC(=O)[C@H](C)O. The Morgan fingerprint density at radius 2 is 1.08 bits per heavy atom. The molecule has 0 amide bonds. The predicted octanol–water partition coefficient (Wildman–Crippen LogP) is 6.03. The van der Waals surface area contributed by atoms with Crippen molar-refractivity contribution in [3.8, 4) is 0 Å². The molecule has 0 aliphatic rings. The lowest BCUT2D eigenvalue weighted by molar-refractivity contribution is -0.152. The van der Waals surface area contributed by atoms with Crippen LogP contribution in [0.25, 0.3) is 0 Å². The summed E-state index contributed by atoms with van der Waals surface area (Å²) in [6.45, 7) is 6.51. The fourth-order valence-electron chi connectivity index (χ4n) is 2.89. The number of rotatable bonds is 17. The molecule has 1 N–H and O–H groups in total. The van der Waals surface area contributed by atoms with E-state index in [4.69, 9.17) is 9.84 Å². The van der Waals surface area contributed by atoms with Crippen LogP contribution >= 0.6 is 0 Å². The Labute approximate surface area is 150 Å². The lowest BCUT2D eigenvalue weighted by Crippen LogP contribution is -2.19. The van der Waals surface area contributed by atoms with Gasteiger partial charge in [-0.15, -0.1) is 0 Å². The third-order valence-electron chi connectivity index (χ3n) is 4.51. The van der Waals surface area contributed by atoms with E-state index < -0.39 is 12.1 Å². The smallest absolute Gasteiger partial charge is 0.334 e. The van der Waals surface area contributed by atoms with Gasteiger partial charge in [0.05, 0.1) is 6.61 Å². The number of hydrogen-bond acceptors (Lipinski definition) is 3. The molecule has 3 heteroatoms. The second-order valence-electron chi connectivity index (χ2n) is 7.62. The third-order valence-corrected chi connectivity index (χ3v) is 4.51. The summed E-state index contributed by atoms with van der Waals surface area (Å²) in [5, 5.41) is 8.98. The molecule has 0 aliphatic heterocycles. The monoisotopic (exact) mass is 342 g/mol. The molecule has 144 valence electrons. The number of esters is 1. The van der Waals surface area contributed by atoms with Crippen molar-refractivity contribution in [1.29, 1.82) is 0 Å². The van der Waals surface area contributed by atoms with Gasteiger partial charge >= 0.3 is 5.97 Å². The topological polar surface area (TPSA) is 46.5 Å². The molecule has 0 spiro atoms. The van der Waals surface area contributed by atoms with Crippen molar-refractivity contribution in [2.45, 2.75) is 117 Å². The number of aliphatic hydroxyl groups is 1.